The average Bonchev–Trinajstić information content (AvgIpc) is 3.15. The minimum absolute atomic E-state index is 0.00446. The number of phenols is 1. The fourth-order valence-corrected chi connectivity index (χ4v) is 3.43. The summed E-state index contributed by atoms with van der Waals surface area (Å²) in [5.74, 6) is -1.21. The maximum atomic E-state index is 11.9. The molecule has 0 aromatic heterocycles. The molecule has 0 bridgehead atoms. The number of carboxylic acids is 1. The van der Waals surface area contributed by atoms with Gasteiger partial charge in [0.2, 0.25) is 0 Å². The smallest absolute Gasteiger partial charge is 0.342 e. The van der Waals surface area contributed by atoms with Crippen molar-refractivity contribution in [2.75, 3.05) is 20.3 Å². The van der Waals surface area contributed by atoms with Gasteiger partial charge in [0.15, 0.2) is 0 Å². The highest BCUT2D eigenvalue weighted by Crippen LogP contribution is 2.42. The molecule has 134 valence electrons. The van der Waals surface area contributed by atoms with Crippen LogP contribution in [-0.4, -0.2) is 42.5 Å². The number of methoxy groups -OCH3 is 1. The molecule has 0 spiro atoms. The third-order valence-corrected chi connectivity index (χ3v) is 4.75. The monoisotopic (exact) mass is 348 g/mol. The molecule has 0 saturated carbocycles. The first-order valence-corrected chi connectivity index (χ1v) is 8.00. The second-order valence-corrected chi connectivity index (χ2v) is 6.21. The van der Waals surface area contributed by atoms with Crippen LogP contribution in [0.2, 0.25) is 0 Å². The zero-order valence-corrected chi connectivity index (χ0v) is 14.1. The van der Waals surface area contributed by atoms with Crippen molar-refractivity contribution in [1.29, 1.82) is 0 Å². The first-order valence-electron chi connectivity index (χ1n) is 8.00. The lowest BCUT2D eigenvalue weighted by Crippen LogP contribution is -2.09. The van der Waals surface area contributed by atoms with E-state index < -0.39 is 11.9 Å². The van der Waals surface area contributed by atoms with Gasteiger partial charge in [-0.05, 0) is 24.5 Å². The molecule has 1 saturated heterocycles. The second-order valence-electron chi connectivity index (χ2n) is 6.21. The predicted octanol–water partition coefficient (Wildman–Crippen LogP) is 1.97. The number of fused-ring (bicyclic) bond motifs is 1. The maximum absolute atomic E-state index is 11.9. The van der Waals surface area contributed by atoms with Crippen molar-refractivity contribution in [1.82, 2.24) is 0 Å². The molecule has 2 aliphatic heterocycles. The number of hydrogen-bond donors (Lipinski definition) is 2. The van der Waals surface area contributed by atoms with E-state index in [9.17, 15) is 14.7 Å². The summed E-state index contributed by atoms with van der Waals surface area (Å²) in [5.41, 5.74) is 2.97. The molecule has 2 N–H and O–H groups in total. The van der Waals surface area contributed by atoms with Crippen LogP contribution < -0.4 is 4.74 Å². The summed E-state index contributed by atoms with van der Waals surface area (Å²) >= 11 is 0. The number of carboxylic acid groups (broad SMARTS) is 1. The van der Waals surface area contributed by atoms with E-state index in [-0.39, 0.29) is 30.3 Å². The number of carbonyl (C=O) groups excluding carboxylic acids is 1. The van der Waals surface area contributed by atoms with Gasteiger partial charge in [0.05, 0.1) is 26.7 Å². The van der Waals surface area contributed by atoms with Gasteiger partial charge in [-0.1, -0.05) is 6.08 Å². The molecular formula is C18H20O7. The normalized spacial score (nSPS) is 20.6. The van der Waals surface area contributed by atoms with Gasteiger partial charge in [-0.15, -0.1) is 0 Å². The van der Waals surface area contributed by atoms with Crippen LogP contribution in [0.1, 0.15) is 33.5 Å². The Labute approximate surface area is 144 Å². The Balaban J connectivity index is 1.96. The molecule has 0 amide bonds. The largest absolute Gasteiger partial charge is 0.507 e. The van der Waals surface area contributed by atoms with Crippen LogP contribution >= 0.6 is 0 Å². The number of aromatic hydroxyl groups is 1. The second kappa shape index (κ2) is 6.76. The highest BCUT2D eigenvalue weighted by Gasteiger charge is 2.32. The summed E-state index contributed by atoms with van der Waals surface area (Å²) < 4.78 is 15.8. The number of cyclic esters (lactones) is 1. The molecule has 1 atom stereocenters. The van der Waals surface area contributed by atoms with E-state index in [0.29, 0.717) is 36.5 Å². The molecule has 2 heterocycles. The lowest BCUT2D eigenvalue weighted by molar-refractivity contribution is -0.137. The Kier molecular flexibility index (Phi) is 4.67. The molecule has 0 aliphatic carbocycles. The van der Waals surface area contributed by atoms with Crippen molar-refractivity contribution < 1.29 is 34.0 Å². The van der Waals surface area contributed by atoms with Gasteiger partial charge in [-0.25, -0.2) is 4.79 Å². The van der Waals surface area contributed by atoms with Crippen LogP contribution in [0.4, 0.5) is 0 Å². The van der Waals surface area contributed by atoms with E-state index in [1.54, 1.807) is 0 Å². The third-order valence-electron chi connectivity index (χ3n) is 4.75. The Hall–Kier alpha value is -2.54. The highest BCUT2D eigenvalue weighted by molar-refractivity contribution is 5.98. The quantitative estimate of drug-likeness (QED) is 0.619. The van der Waals surface area contributed by atoms with Crippen molar-refractivity contribution >= 4 is 11.9 Å². The molecule has 1 unspecified atom stereocenters. The number of aliphatic carboxylic acids is 1. The number of esters is 1. The molecule has 1 aromatic carbocycles. The third kappa shape index (κ3) is 3.07. The number of rotatable bonds is 5. The number of benzene rings is 1. The molecule has 2 aliphatic rings. The predicted molar refractivity (Wildman–Crippen MR) is 86.9 cm³/mol. The van der Waals surface area contributed by atoms with E-state index in [0.717, 1.165) is 11.1 Å². The molecule has 1 aromatic rings. The van der Waals surface area contributed by atoms with E-state index in [4.69, 9.17) is 19.3 Å². The van der Waals surface area contributed by atoms with Crippen molar-refractivity contribution in [2.45, 2.75) is 26.4 Å². The van der Waals surface area contributed by atoms with Gasteiger partial charge >= 0.3 is 11.9 Å². The summed E-state index contributed by atoms with van der Waals surface area (Å²) in [7, 11) is 1.51. The number of allylic oxidation sites excluding steroid dienone is 1. The van der Waals surface area contributed by atoms with Gasteiger partial charge in [0, 0.05) is 17.0 Å². The highest BCUT2D eigenvalue weighted by atomic mass is 16.5. The van der Waals surface area contributed by atoms with Crippen LogP contribution in [0, 0.1) is 12.8 Å². The van der Waals surface area contributed by atoms with Crippen LogP contribution in [0.5, 0.6) is 11.5 Å². The molecule has 1 fully saturated rings. The lowest BCUT2D eigenvalue weighted by atomic mass is 9.93. The SMILES string of the molecule is COc1c(C)c2c(c(O)c1C/C=C1\COCC1CC(=O)O)C(=O)OC2. The van der Waals surface area contributed by atoms with Crippen molar-refractivity contribution in [3.8, 4) is 11.5 Å². The van der Waals surface area contributed by atoms with Gasteiger partial charge in [-0.3, -0.25) is 4.79 Å². The van der Waals surface area contributed by atoms with E-state index >= 15 is 0 Å². The summed E-state index contributed by atoms with van der Waals surface area (Å²) in [5, 5.41) is 19.5. The topological polar surface area (TPSA) is 102 Å². The zero-order valence-electron chi connectivity index (χ0n) is 14.1. The van der Waals surface area contributed by atoms with Gasteiger partial charge in [0.1, 0.15) is 23.7 Å². The van der Waals surface area contributed by atoms with Crippen molar-refractivity contribution in [3.63, 3.8) is 0 Å². The zero-order chi connectivity index (χ0) is 18.1. The maximum Gasteiger partial charge on any atom is 0.342 e. The van der Waals surface area contributed by atoms with Crippen LogP contribution in [0.15, 0.2) is 11.6 Å². The average molecular weight is 348 g/mol. The standard InChI is InChI=1S/C18H20O7/c1-9-13-8-25-18(22)15(13)16(21)12(17(9)23-2)4-3-10-6-24-7-11(10)5-14(19)20/h3,11,21H,4-8H2,1-2H3,(H,19,20)/b10-3+. The summed E-state index contributed by atoms with van der Waals surface area (Å²) in [6, 6.07) is 0. The van der Waals surface area contributed by atoms with Gasteiger partial charge in [0.25, 0.3) is 0 Å². The first kappa shape index (κ1) is 17.3. The van der Waals surface area contributed by atoms with E-state index in [2.05, 4.69) is 0 Å². The van der Waals surface area contributed by atoms with E-state index in [1.165, 1.54) is 7.11 Å². The van der Waals surface area contributed by atoms with Crippen molar-refractivity contribution in [3.05, 3.63) is 33.9 Å². The fourth-order valence-electron chi connectivity index (χ4n) is 3.43. The Bertz CT molecular complexity index is 763. The minimum Gasteiger partial charge on any atom is -0.507 e. The van der Waals surface area contributed by atoms with Crippen molar-refractivity contribution in [2.24, 2.45) is 5.92 Å². The molecule has 7 heteroatoms. The molecule has 0 radical (unpaired) electrons. The lowest BCUT2D eigenvalue weighted by Gasteiger charge is -2.16. The first-order chi connectivity index (χ1) is 11.9. The summed E-state index contributed by atoms with van der Waals surface area (Å²) in [6.45, 7) is 2.69. The number of phenolic OH excluding ortho intramolecular Hbond substituents is 1. The van der Waals surface area contributed by atoms with Crippen LogP contribution in [0.3, 0.4) is 0 Å². The number of carbonyl (C=O) groups is 2. The molecule has 25 heavy (non-hydrogen) atoms. The Morgan fingerprint density at radius 1 is 1.40 bits per heavy atom. The Morgan fingerprint density at radius 3 is 2.84 bits per heavy atom. The molecule has 7 nitrogen and oxygen atoms in total. The molecule has 3 rings (SSSR count). The summed E-state index contributed by atoms with van der Waals surface area (Å²) in [4.78, 5) is 22.8. The Morgan fingerprint density at radius 2 is 2.16 bits per heavy atom. The number of ether oxygens (including phenoxy) is 3. The van der Waals surface area contributed by atoms with E-state index in [1.807, 2.05) is 13.0 Å². The van der Waals surface area contributed by atoms with Crippen LogP contribution in [-0.2, 0) is 27.3 Å². The summed E-state index contributed by atoms with van der Waals surface area (Å²) in [6.07, 6.45) is 2.17. The number of hydrogen-bond acceptors (Lipinski definition) is 6. The fraction of sp³-hybridized carbons (Fsp3) is 0.444. The minimum atomic E-state index is -0.877. The van der Waals surface area contributed by atoms with Gasteiger partial charge in [-0.2, -0.15) is 0 Å². The van der Waals surface area contributed by atoms with Crippen LogP contribution in [0.25, 0.3) is 0 Å². The van der Waals surface area contributed by atoms with Gasteiger partial charge < -0.3 is 24.4 Å². The molecular weight excluding hydrogens is 328 g/mol.